The van der Waals surface area contributed by atoms with Gasteiger partial charge in [0, 0.05) is 25.6 Å². The molecule has 0 saturated heterocycles. The lowest BCUT2D eigenvalue weighted by Crippen LogP contribution is -1.89. The molecule has 1 aromatic heterocycles. The first kappa shape index (κ1) is 27.0. The van der Waals surface area contributed by atoms with Crippen LogP contribution in [0.4, 0.5) is 0 Å². The minimum Gasteiger partial charge on any atom is -0.134 e. The molecular weight excluding hydrogens is 609 g/mol. The van der Waals surface area contributed by atoms with Crippen LogP contribution in [0.2, 0.25) is 0 Å². The molecule has 0 spiro atoms. The molecule has 0 aliphatic heterocycles. The molecule has 0 atom stereocenters. The Morgan fingerprint density at radius 3 is 1.86 bits per heavy atom. The Kier molecular flexibility index (Phi) is 5.64. The number of thiophene rings is 1. The highest BCUT2D eigenvalue weighted by molar-refractivity contribution is 7.27. The fourth-order valence-corrected chi connectivity index (χ4v) is 9.58. The summed E-state index contributed by atoms with van der Waals surface area (Å²) in [7, 11) is 0. The van der Waals surface area contributed by atoms with Gasteiger partial charge in [-0.1, -0.05) is 152 Å². The molecule has 1 heteroatoms. The van der Waals surface area contributed by atoms with Crippen molar-refractivity contribution in [3.8, 4) is 33.4 Å². The molecule has 226 valence electrons. The summed E-state index contributed by atoms with van der Waals surface area (Å²) in [6.45, 7) is 0. The minimum absolute atomic E-state index is 1.24. The standard InChI is InChI=1S/C48H28S/c1-2-10-33-26-35(23-20-29(33)8-1)43-27-36-12-6-16-41-45(36)46-39(43)15-7-17-42(46)48-47(41)40-25-24-34(28-44(40)49-48)30-18-21-32(22-19-30)38-14-5-11-31-9-3-4-13-37(31)38/h1-28H. The van der Waals surface area contributed by atoms with Crippen molar-refractivity contribution < 1.29 is 0 Å². The van der Waals surface area contributed by atoms with Crippen molar-refractivity contribution in [2.24, 2.45) is 0 Å². The molecule has 0 saturated carbocycles. The summed E-state index contributed by atoms with van der Waals surface area (Å²) >= 11 is 1.93. The summed E-state index contributed by atoms with van der Waals surface area (Å²) in [5, 5.41) is 15.9. The van der Waals surface area contributed by atoms with E-state index in [9.17, 15) is 0 Å². The second-order valence-corrected chi connectivity index (χ2v) is 14.3. The number of hydrogen-bond donors (Lipinski definition) is 0. The van der Waals surface area contributed by atoms with E-state index in [4.69, 9.17) is 0 Å². The highest BCUT2D eigenvalue weighted by atomic mass is 32.1. The van der Waals surface area contributed by atoms with E-state index in [2.05, 4.69) is 170 Å². The normalized spacial score (nSPS) is 12.1. The van der Waals surface area contributed by atoms with Crippen molar-refractivity contribution in [2.45, 2.75) is 0 Å². The number of benzene rings is 10. The average Bonchev–Trinajstić information content (AvgIpc) is 3.56. The van der Waals surface area contributed by atoms with Crippen molar-refractivity contribution in [3.05, 3.63) is 170 Å². The number of hydrogen-bond acceptors (Lipinski definition) is 1. The summed E-state index contributed by atoms with van der Waals surface area (Å²) in [5.74, 6) is 0. The monoisotopic (exact) mass is 636 g/mol. The maximum atomic E-state index is 2.41. The quantitative estimate of drug-likeness (QED) is 0.169. The highest BCUT2D eigenvalue weighted by Crippen LogP contribution is 2.49. The molecule has 11 rings (SSSR count). The third-order valence-corrected chi connectivity index (χ3v) is 11.8. The van der Waals surface area contributed by atoms with E-state index in [1.807, 2.05) is 11.3 Å². The second kappa shape index (κ2) is 10.2. The molecule has 0 N–H and O–H groups in total. The lowest BCUT2D eigenvalue weighted by molar-refractivity contribution is 1.63. The van der Waals surface area contributed by atoms with Gasteiger partial charge in [-0.05, 0) is 100 Å². The van der Waals surface area contributed by atoms with Gasteiger partial charge in [-0.2, -0.15) is 0 Å². The summed E-state index contributed by atoms with van der Waals surface area (Å²) in [6, 6.07) is 63.1. The maximum Gasteiger partial charge on any atom is 0.0440 e. The molecule has 0 nitrogen and oxygen atoms in total. The third-order valence-electron chi connectivity index (χ3n) is 10.6. The molecule has 0 unspecified atom stereocenters. The van der Waals surface area contributed by atoms with Crippen LogP contribution in [0.15, 0.2) is 170 Å². The summed E-state index contributed by atoms with van der Waals surface area (Å²) in [4.78, 5) is 0. The van der Waals surface area contributed by atoms with Gasteiger partial charge in [-0.15, -0.1) is 11.3 Å². The topological polar surface area (TPSA) is 0 Å². The second-order valence-electron chi connectivity index (χ2n) is 13.2. The largest absolute Gasteiger partial charge is 0.134 e. The zero-order valence-corrected chi connectivity index (χ0v) is 27.4. The van der Waals surface area contributed by atoms with E-state index in [-0.39, 0.29) is 0 Å². The molecule has 1 heterocycles. The molecule has 10 aromatic carbocycles. The molecule has 0 aliphatic carbocycles. The molecule has 0 fully saturated rings. The van der Waals surface area contributed by atoms with Crippen LogP contribution in [0.25, 0.3) is 107 Å². The van der Waals surface area contributed by atoms with Crippen LogP contribution < -0.4 is 0 Å². The fraction of sp³-hybridized carbons (Fsp3) is 0. The van der Waals surface area contributed by atoms with E-state index >= 15 is 0 Å². The molecule has 0 radical (unpaired) electrons. The first-order chi connectivity index (χ1) is 24.3. The zero-order valence-electron chi connectivity index (χ0n) is 26.6. The minimum atomic E-state index is 1.24. The van der Waals surface area contributed by atoms with Gasteiger partial charge in [0.05, 0.1) is 0 Å². The highest BCUT2D eigenvalue weighted by Gasteiger charge is 2.20. The van der Waals surface area contributed by atoms with Gasteiger partial charge < -0.3 is 0 Å². The van der Waals surface area contributed by atoms with E-state index in [1.54, 1.807) is 0 Å². The fourth-order valence-electron chi connectivity index (χ4n) is 8.29. The van der Waals surface area contributed by atoms with E-state index in [0.717, 1.165) is 0 Å². The molecule has 0 aliphatic rings. The lowest BCUT2D eigenvalue weighted by Gasteiger charge is -2.16. The van der Waals surface area contributed by atoms with Crippen molar-refractivity contribution >= 4 is 85.4 Å². The zero-order chi connectivity index (χ0) is 32.1. The Morgan fingerprint density at radius 1 is 0.286 bits per heavy atom. The molecular formula is C48H28S. The van der Waals surface area contributed by atoms with Gasteiger partial charge in [0.15, 0.2) is 0 Å². The van der Waals surface area contributed by atoms with Crippen LogP contribution in [-0.4, -0.2) is 0 Å². The molecule has 0 bridgehead atoms. The van der Waals surface area contributed by atoms with Gasteiger partial charge in [0.25, 0.3) is 0 Å². The first-order valence-corrected chi connectivity index (χ1v) is 17.7. The summed E-state index contributed by atoms with van der Waals surface area (Å²) < 4.78 is 2.71. The van der Waals surface area contributed by atoms with Crippen molar-refractivity contribution in [1.82, 2.24) is 0 Å². The van der Waals surface area contributed by atoms with Crippen LogP contribution in [0.1, 0.15) is 0 Å². The van der Waals surface area contributed by atoms with Crippen molar-refractivity contribution in [1.29, 1.82) is 0 Å². The summed E-state index contributed by atoms with van der Waals surface area (Å²) in [6.07, 6.45) is 0. The van der Waals surface area contributed by atoms with Gasteiger partial charge in [0.2, 0.25) is 0 Å². The van der Waals surface area contributed by atoms with E-state index < -0.39 is 0 Å². The Balaban J connectivity index is 1.10. The third kappa shape index (κ3) is 3.97. The van der Waals surface area contributed by atoms with Crippen LogP contribution in [-0.2, 0) is 0 Å². The van der Waals surface area contributed by atoms with Gasteiger partial charge in [0.1, 0.15) is 0 Å². The van der Waals surface area contributed by atoms with Gasteiger partial charge >= 0.3 is 0 Å². The smallest absolute Gasteiger partial charge is 0.0440 e. The Hall–Kier alpha value is -6.02. The van der Waals surface area contributed by atoms with E-state index in [0.29, 0.717) is 0 Å². The van der Waals surface area contributed by atoms with Gasteiger partial charge in [-0.3, -0.25) is 0 Å². The van der Waals surface area contributed by atoms with E-state index in [1.165, 1.54) is 107 Å². The Labute approximate surface area is 287 Å². The van der Waals surface area contributed by atoms with Crippen LogP contribution in [0.3, 0.4) is 0 Å². The van der Waals surface area contributed by atoms with Gasteiger partial charge in [-0.25, -0.2) is 0 Å². The Morgan fingerprint density at radius 2 is 0.939 bits per heavy atom. The first-order valence-electron chi connectivity index (χ1n) is 16.9. The number of fused-ring (bicyclic) bond motifs is 7. The maximum absolute atomic E-state index is 2.41. The summed E-state index contributed by atoms with van der Waals surface area (Å²) in [5.41, 5.74) is 7.58. The predicted octanol–water partition coefficient (Wildman–Crippen LogP) is 14.3. The lowest BCUT2D eigenvalue weighted by atomic mass is 9.87. The molecule has 49 heavy (non-hydrogen) atoms. The average molecular weight is 637 g/mol. The molecule has 11 aromatic rings. The van der Waals surface area contributed by atoms with Crippen molar-refractivity contribution in [2.75, 3.05) is 0 Å². The predicted molar refractivity (Wildman–Crippen MR) is 214 cm³/mol. The van der Waals surface area contributed by atoms with Crippen LogP contribution in [0, 0.1) is 0 Å². The molecule has 0 amide bonds. The number of rotatable bonds is 3. The van der Waals surface area contributed by atoms with Crippen LogP contribution >= 0.6 is 11.3 Å². The van der Waals surface area contributed by atoms with Crippen LogP contribution in [0.5, 0.6) is 0 Å². The Bertz CT molecular complexity index is 3080. The SMILES string of the molecule is c1ccc2cc(-c3cc4cccc5c6c7ccc(-c8ccc(-c9cccc%10ccccc9%10)cc8)cc7sc6c6cccc3c6c45)ccc2c1. The van der Waals surface area contributed by atoms with Crippen molar-refractivity contribution in [3.63, 3.8) is 0 Å².